The summed E-state index contributed by atoms with van der Waals surface area (Å²) in [6.45, 7) is 3.24. The molecular weight excluding hydrogens is 445 g/mol. The van der Waals surface area contributed by atoms with Crippen molar-refractivity contribution in [3.8, 4) is 5.75 Å². The molecule has 3 nitrogen and oxygen atoms in total. The van der Waals surface area contributed by atoms with Gasteiger partial charge < -0.3 is 15.4 Å². The molecule has 0 saturated heterocycles. The number of nitrogens with two attached hydrogens (primary N) is 1. The van der Waals surface area contributed by atoms with Crippen LogP contribution >= 0.6 is 23.4 Å². The second kappa shape index (κ2) is 10.3. The maximum Gasteiger partial charge on any atom is 0.573 e. The second-order valence-corrected chi connectivity index (χ2v) is 8.30. The Balaban J connectivity index is 1.82. The molecule has 2 aromatic rings. The van der Waals surface area contributed by atoms with Crippen LogP contribution in [0.1, 0.15) is 24.5 Å². The van der Waals surface area contributed by atoms with Gasteiger partial charge in [-0.3, -0.25) is 0 Å². The van der Waals surface area contributed by atoms with Gasteiger partial charge in [-0.15, -0.1) is 13.2 Å². The van der Waals surface area contributed by atoms with E-state index < -0.39 is 6.36 Å². The summed E-state index contributed by atoms with van der Waals surface area (Å²) in [6, 6.07) is 13.6. The van der Waals surface area contributed by atoms with Gasteiger partial charge in [-0.1, -0.05) is 41.2 Å². The molecule has 0 radical (unpaired) electrons. The van der Waals surface area contributed by atoms with E-state index >= 15 is 0 Å². The first-order valence-electron chi connectivity index (χ1n) is 9.66. The largest absolute Gasteiger partial charge is 0.573 e. The molecule has 1 aliphatic rings. The molecule has 2 aromatic carbocycles. The highest BCUT2D eigenvalue weighted by molar-refractivity contribution is 8.06. The molecule has 8 heteroatoms. The molecule has 2 N–H and O–H groups in total. The monoisotopic (exact) mass is 466 g/mol. The Kier molecular flexibility index (Phi) is 7.79. The maximum absolute atomic E-state index is 12.4. The van der Waals surface area contributed by atoms with Crippen LogP contribution in [-0.2, 0) is 6.42 Å². The third kappa shape index (κ3) is 6.84. The third-order valence-corrected chi connectivity index (χ3v) is 5.63. The average Bonchev–Trinajstić information content (AvgIpc) is 3.09. The highest BCUT2D eigenvalue weighted by Gasteiger charge is 2.31. The summed E-state index contributed by atoms with van der Waals surface area (Å²) in [4.78, 5) is 2.10. The lowest BCUT2D eigenvalue weighted by Crippen LogP contribution is -2.20. The fourth-order valence-corrected chi connectivity index (χ4v) is 4.27. The number of halogens is 4. The number of thioether (sulfide) groups is 1. The number of nitrogens with zero attached hydrogens (tertiary/aromatic N) is 1. The Morgan fingerprint density at radius 2 is 1.81 bits per heavy atom. The van der Waals surface area contributed by atoms with Crippen LogP contribution in [0.3, 0.4) is 0 Å². The topological polar surface area (TPSA) is 38.5 Å². The summed E-state index contributed by atoms with van der Waals surface area (Å²) >= 11 is 7.49. The van der Waals surface area contributed by atoms with E-state index in [0.717, 1.165) is 40.3 Å². The van der Waals surface area contributed by atoms with Gasteiger partial charge in [0.15, 0.2) is 0 Å². The number of ether oxygens (including phenoxy) is 1. The molecule has 1 aliphatic heterocycles. The molecule has 0 saturated carbocycles. The zero-order valence-corrected chi connectivity index (χ0v) is 18.4. The van der Waals surface area contributed by atoms with Crippen LogP contribution in [0.15, 0.2) is 70.3 Å². The van der Waals surface area contributed by atoms with Gasteiger partial charge in [0.25, 0.3) is 0 Å². The molecule has 0 aromatic heterocycles. The van der Waals surface area contributed by atoms with Crippen LogP contribution in [0.5, 0.6) is 5.75 Å². The minimum absolute atomic E-state index is 0.245. The summed E-state index contributed by atoms with van der Waals surface area (Å²) in [5.74, 6) is -0.245. The van der Waals surface area contributed by atoms with Crippen molar-refractivity contribution in [1.82, 2.24) is 4.90 Å². The first-order chi connectivity index (χ1) is 14.7. The number of hydrogen-bond acceptors (Lipinski definition) is 4. The van der Waals surface area contributed by atoms with Crippen molar-refractivity contribution in [3.05, 3.63) is 86.4 Å². The summed E-state index contributed by atoms with van der Waals surface area (Å²) in [5, 5.41) is 3.61. The van der Waals surface area contributed by atoms with E-state index in [1.54, 1.807) is 12.1 Å². The predicted octanol–water partition coefficient (Wildman–Crippen LogP) is 6.56. The summed E-state index contributed by atoms with van der Waals surface area (Å²) < 4.78 is 41.2. The van der Waals surface area contributed by atoms with Crippen LogP contribution < -0.4 is 10.5 Å². The molecule has 0 amide bonds. The first kappa shape index (κ1) is 23.4. The fourth-order valence-electron chi connectivity index (χ4n) is 3.10. The average molecular weight is 467 g/mol. The lowest BCUT2D eigenvalue weighted by molar-refractivity contribution is -0.274. The number of rotatable bonds is 7. The molecule has 0 spiro atoms. The normalized spacial score (nSPS) is 13.8. The predicted molar refractivity (Wildman–Crippen MR) is 120 cm³/mol. The molecule has 0 bridgehead atoms. The maximum atomic E-state index is 12.4. The Labute approximate surface area is 189 Å². The van der Waals surface area contributed by atoms with Crippen LogP contribution in [0.4, 0.5) is 13.2 Å². The number of benzene rings is 2. The minimum atomic E-state index is -4.71. The Bertz CT molecular complexity index is 995. The summed E-state index contributed by atoms with van der Waals surface area (Å²) in [6.07, 6.45) is -3.20. The van der Waals surface area contributed by atoms with E-state index in [-0.39, 0.29) is 5.75 Å². The third-order valence-electron chi connectivity index (χ3n) is 4.49. The van der Waals surface area contributed by atoms with Gasteiger partial charge in [-0.25, -0.2) is 0 Å². The zero-order valence-electron chi connectivity index (χ0n) is 16.9. The fraction of sp³-hybridized carbons (Fsp3) is 0.261. The van der Waals surface area contributed by atoms with E-state index in [2.05, 4.69) is 15.4 Å². The molecule has 0 unspecified atom stereocenters. The lowest BCUT2D eigenvalue weighted by Gasteiger charge is -2.22. The van der Waals surface area contributed by atoms with Crippen molar-refractivity contribution in [2.45, 2.75) is 26.1 Å². The van der Waals surface area contributed by atoms with Crippen LogP contribution in [-0.4, -0.2) is 24.4 Å². The van der Waals surface area contributed by atoms with Gasteiger partial charge in [0.2, 0.25) is 0 Å². The van der Waals surface area contributed by atoms with Crippen molar-refractivity contribution in [2.75, 3.05) is 13.1 Å². The summed E-state index contributed by atoms with van der Waals surface area (Å²) in [5.41, 5.74) is 13.1. The lowest BCUT2D eigenvalue weighted by atomic mass is 10.1. The zero-order chi connectivity index (χ0) is 22.4. The van der Waals surface area contributed by atoms with Crippen molar-refractivity contribution in [1.29, 1.82) is 0 Å². The van der Waals surface area contributed by atoms with Crippen LogP contribution in [0, 0.1) is 0 Å². The molecule has 1 heterocycles. The first-order valence-corrected chi connectivity index (χ1v) is 10.9. The highest BCUT2D eigenvalue weighted by atomic mass is 35.5. The van der Waals surface area contributed by atoms with Gasteiger partial charge in [0, 0.05) is 23.4 Å². The smallest absolute Gasteiger partial charge is 0.406 e. The van der Waals surface area contributed by atoms with E-state index in [1.807, 2.05) is 36.6 Å². The summed E-state index contributed by atoms with van der Waals surface area (Å²) in [7, 11) is 0. The molecular formula is C23H22ClF3N2OS. The molecule has 0 aliphatic carbocycles. The van der Waals surface area contributed by atoms with Crippen molar-refractivity contribution < 1.29 is 17.9 Å². The van der Waals surface area contributed by atoms with Gasteiger partial charge in [0.05, 0.1) is 5.70 Å². The Hall–Kier alpha value is -2.31. The van der Waals surface area contributed by atoms with E-state index in [4.69, 9.17) is 17.3 Å². The molecule has 164 valence electrons. The van der Waals surface area contributed by atoms with Gasteiger partial charge >= 0.3 is 6.36 Å². The van der Waals surface area contributed by atoms with E-state index in [1.165, 1.54) is 23.9 Å². The Morgan fingerprint density at radius 1 is 1.13 bits per heavy atom. The second-order valence-electron chi connectivity index (χ2n) is 7.00. The Morgan fingerprint density at radius 3 is 2.42 bits per heavy atom. The highest BCUT2D eigenvalue weighted by Crippen LogP contribution is 2.40. The minimum Gasteiger partial charge on any atom is -0.406 e. The number of alkyl halides is 3. The van der Waals surface area contributed by atoms with Crippen molar-refractivity contribution >= 4 is 29.1 Å². The van der Waals surface area contributed by atoms with Gasteiger partial charge in [-0.2, -0.15) is 0 Å². The van der Waals surface area contributed by atoms with Gasteiger partial charge in [-0.05, 0) is 73.0 Å². The number of allylic oxidation sites excluding steroid dienone is 1. The SMILES string of the molecule is CC(=C=C1SC=C(c2ccc(OC(F)(F)F)cc2)N1CCCN)Cc1ccc(Cl)cc1. The van der Waals surface area contributed by atoms with E-state index in [0.29, 0.717) is 18.1 Å². The standard InChI is InChI=1S/C23H22ClF3N2OS/c1-16(13-17-3-7-19(24)8-4-17)14-22-29(12-2-11-28)21(15-31-22)18-5-9-20(10-6-18)30-23(25,26)27/h3-10,15H,2,11-13,28H2,1H3. The van der Waals surface area contributed by atoms with Crippen molar-refractivity contribution in [2.24, 2.45) is 5.73 Å². The van der Waals surface area contributed by atoms with Crippen LogP contribution in [0.25, 0.3) is 5.70 Å². The van der Waals surface area contributed by atoms with Crippen molar-refractivity contribution in [3.63, 3.8) is 0 Å². The quantitative estimate of drug-likeness (QED) is 0.469. The molecule has 31 heavy (non-hydrogen) atoms. The molecule has 0 fully saturated rings. The van der Waals surface area contributed by atoms with Crippen LogP contribution in [0.2, 0.25) is 5.02 Å². The molecule has 0 atom stereocenters. The molecule has 3 rings (SSSR count). The van der Waals surface area contributed by atoms with Gasteiger partial charge in [0.1, 0.15) is 10.8 Å². The number of hydrogen-bond donors (Lipinski definition) is 1. The van der Waals surface area contributed by atoms with E-state index in [9.17, 15) is 13.2 Å².